The summed E-state index contributed by atoms with van der Waals surface area (Å²) >= 11 is 0. The summed E-state index contributed by atoms with van der Waals surface area (Å²) in [6, 6.07) is -0.186. The van der Waals surface area contributed by atoms with Gasteiger partial charge in [0.25, 0.3) is 0 Å². The van der Waals surface area contributed by atoms with Gasteiger partial charge in [-0.15, -0.1) is 0 Å². The average Bonchev–Trinajstić information content (AvgIpc) is 2.38. The monoisotopic (exact) mass is 258 g/mol. The topological polar surface area (TPSA) is 53.0 Å². The number of aliphatic hydroxyl groups excluding tert-OH is 1. The summed E-state index contributed by atoms with van der Waals surface area (Å²) < 4.78 is 4.89. The molecule has 1 fully saturated rings. The van der Waals surface area contributed by atoms with Gasteiger partial charge in [-0.2, -0.15) is 0 Å². The zero-order chi connectivity index (χ0) is 13.5. The average molecular weight is 258 g/mol. The molecule has 1 heterocycles. The largest absolute Gasteiger partial charge is 0.389 e. The lowest BCUT2D eigenvalue weighted by atomic mass is 10.1. The van der Waals surface area contributed by atoms with Crippen molar-refractivity contribution in [2.75, 3.05) is 40.4 Å². The molecule has 0 bridgehead atoms. The molecule has 0 aliphatic carbocycles. The van der Waals surface area contributed by atoms with E-state index in [-0.39, 0.29) is 11.9 Å². The SMILES string of the molecule is COCC(O)CN(C)C(C)C(=O)N1CCCCC1. The van der Waals surface area contributed by atoms with Crippen LogP contribution in [-0.2, 0) is 9.53 Å². The quantitative estimate of drug-likeness (QED) is 0.746. The van der Waals surface area contributed by atoms with Crippen LogP contribution in [0.5, 0.6) is 0 Å². The summed E-state index contributed by atoms with van der Waals surface area (Å²) in [5, 5.41) is 9.67. The van der Waals surface area contributed by atoms with Crippen molar-refractivity contribution in [1.82, 2.24) is 9.80 Å². The van der Waals surface area contributed by atoms with E-state index in [0.717, 1.165) is 25.9 Å². The van der Waals surface area contributed by atoms with Gasteiger partial charge in [-0.3, -0.25) is 9.69 Å². The Morgan fingerprint density at radius 3 is 2.56 bits per heavy atom. The lowest BCUT2D eigenvalue weighted by molar-refractivity contribution is -0.137. The fraction of sp³-hybridized carbons (Fsp3) is 0.923. The molecule has 0 radical (unpaired) electrons. The fourth-order valence-corrected chi connectivity index (χ4v) is 2.30. The third-order valence-corrected chi connectivity index (χ3v) is 3.54. The van der Waals surface area contributed by atoms with E-state index in [1.54, 1.807) is 7.11 Å². The molecule has 1 aliphatic heterocycles. The Morgan fingerprint density at radius 1 is 1.39 bits per heavy atom. The Labute approximate surface area is 110 Å². The zero-order valence-electron chi connectivity index (χ0n) is 11.8. The Kier molecular flexibility index (Phi) is 6.60. The second-order valence-corrected chi connectivity index (χ2v) is 5.11. The molecular weight excluding hydrogens is 232 g/mol. The van der Waals surface area contributed by atoms with Gasteiger partial charge in [0, 0.05) is 26.7 Å². The van der Waals surface area contributed by atoms with Crippen LogP contribution in [0.1, 0.15) is 26.2 Å². The smallest absolute Gasteiger partial charge is 0.239 e. The number of carbonyl (C=O) groups is 1. The number of nitrogens with zero attached hydrogens (tertiary/aromatic N) is 2. The molecule has 2 unspecified atom stereocenters. The highest BCUT2D eigenvalue weighted by molar-refractivity contribution is 5.81. The summed E-state index contributed by atoms with van der Waals surface area (Å²) in [7, 11) is 3.43. The van der Waals surface area contributed by atoms with Crippen LogP contribution >= 0.6 is 0 Å². The van der Waals surface area contributed by atoms with Crippen LogP contribution in [0.2, 0.25) is 0 Å². The number of aliphatic hydroxyl groups is 1. The molecule has 1 saturated heterocycles. The van der Waals surface area contributed by atoms with Crippen LogP contribution in [0.4, 0.5) is 0 Å². The highest BCUT2D eigenvalue weighted by Crippen LogP contribution is 2.12. The molecular formula is C13H26N2O3. The number of likely N-dealkylation sites (N-methyl/N-ethyl adjacent to an activating group) is 1. The van der Waals surface area contributed by atoms with E-state index in [0.29, 0.717) is 13.2 Å². The van der Waals surface area contributed by atoms with Crippen LogP contribution in [0.25, 0.3) is 0 Å². The van der Waals surface area contributed by atoms with E-state index < -0.39 is 6.10 Å². The number of amides is 1. The standard InChI is InChI=1S/C13H26N2O3/c1-11(14(2)9-12(16)10-18-3)13(17)15-7-5-4-6-8-15/h11-12,16H,4-10H2,1-3H3. The van der Waals surface area contributed by atoms with Gasteiger partial charge in [-0.1, -0.05) is 0 Å². The maximum absolute atomic E-state index is 12.3. The van der Waals surface area contributed by atoms with E-state index in [2.05, 4.69) is 0 Å². The number of carbonyl (C=O) groups excluding carboxylic acids is 1. The Morgan fingerprint density at radius 2 is 2.00 bits per heavy atom. The Bertz CT molecular complexity index is 255. The fourth-order valence-electron chi connectivity index (χ4n) is 2.30. The van der Waals surface area contributed by atoms with E-state index in [1.165, 1.54) is 6.42 Å². The second-order valence-electron chi connectivity index (χ2n) is 5.11. The zero-order valence-corrected chi connectivity index (χ0v) is 11.8. The predicted octanol–water partition coefficient (Wildman–Crippen LogP) is 0.327. The number of likely N-dealkylation sites (tertiary alicyclic amines) is 1. The molecule has 18 heavy (non-hydrogen) atoms. The first-order valence-electron chi connectivity index (χ1n) is 6.72. The molecule has 0 saturated carbocycles. The van der Waals surface area contributed by atoms with Gasteiger partial charge in [-0.25, -0.2) is 0 Å². The predicted molar refractivity (Wildman–Crippen MR) is 70.4 cm³/mol. The molecule has 5 nitrogen and oxygen atoms in total. The first-order valence-corrected chi connectivity index (χ1v) is 6.72. The number of piperidine rings is 1. The van der Waals surface area contributed by atoms with Crippen LogP contribution in [0.3, 0.4) is 0 Å². The molecule has 0 aromatic rings. The lowest BCUT2D eigenvalue weighted by Gasteiger charge is -2.33. The van der Waals surface area contributed by atoms with E-state index in [1.807, 2.05) is 23.8 Å². The normalized spacial score (nSPS) is 19.9. The molecule has 1 N–H and O–H groups in total. The molecule has 106 valence electrons. The summed E-state index contributed by atoms with van der Waals surface area (Å²) in [5.74, 6) is 0.168. The van der Waals surface area contributed by atoms with Crippen LogP contribution in [0.15, 0.2) is 0 Å². The molecule has 1 amide bonds. The number of ether oxygens (including phenoxy) is 1. The van der Waals surface area contributed by atoms with Crippen LogP contribution < -0.4 is 0 Å². The summed E-state index contributed by atoms with van der Waals surface area (Å²) in [5.41, 5.74) is 0. The van der Waals surface area contributed by atoms with Crippen molar-refractivity contribution in [3.8, 4) is 0 Å². The highest BCUT2D eigenvalue weighted by atomic mass is 16.5. The number of methoxy groups -OCH3 is 1. The maximum atomic E-state index is 12.3. The van der Waals surface area contributed by atoms with Gasteiger partial charge in [0.15, 0.2) is 0 Å². The lowest BCUT2D eigenvalue weighted by Crippen LogP contribution is -2.49. The third-order valence-electron chi connectivity index (χ3n) is 3.54. The minimum absolute atomic E-state index is 0.168. The van der Waals surface area contributed by atoms with E-state index in [9.17, 15) is 9.90 Å². The number of hydrogen-bond donors (Lipinski definition) is 1. The minimum Gasteiger partial charge on any atom is -0.389 e. The van der Waals surface area contributed by atoms with Gasteiger partial charge in [0.05, 0.1) is 18.8 Å². The van der Waals surface area contributed by atoms with Gasteiger partial charge in [0.1, 0.15) is 0 Å². The van der Waals surface area contributed by atoms with Crippen molar-refractivity contribution in [3.05, 3.63) is 0 Å². The summed E-state index contributed by atoms with van der Waals surface area (Å²) in [6.45, 7) is 4.40. The molecule has 0 spiro atoms. The molecule has 5 heteroatoms. The van der Waals surface area contributed by atoms with Gasteiger partial charge in [0.2, 0.25) is 5.91 Å². The third kappa shape index (κ3) is 4.55. The Balaban J connectivity index is 2.41. The van der Waals surface area contributed by atoms with E-state index >= 15 is 0 Å². The number of rotatable bonds is 6. The summed E-state index contributed by atoms with van der Waals surface area (Å²) in [6.07, 6.45) is 2.89. The van der Waals surface area contributed by atoms with Crippen LogP contribution in [0, 0.1) is 0 Å². The maximum Gasteiger partial charge on any atom is 0.239 e. The van der Waals surface area contributed by atoms with Crippen molar-refractivity contribution >= 4 is 5.91 Å². The van der Waals surface area contributed by atoms with Crippen molar-refractivity contribution in [2.24, 2.45) is 0 Å². The summed E-state index contributed by atoms with van der Waals surface area (Å²) in [4.78, 5) is 16.1. The van der Waals surface area contributed by atoms with Crippen LogP contribution in [-0.4, -0.2) is 73.4 Å². The highest BCUT2D eigenvalue weighted by Gasteiger charge is 2.25. The van der Waals surface area contributed by atoms with E-state index in [4.69, 9.17) is 4.74 Å². The van der Waals surface area contributed by atoms with Crippen molar-refractivity contribution in [3.63, 3.8) is 0 Å². The van der Waals surface area contributed by atoms with Gasteiger partial charge < -0.3 is 14.7 Å². The molecule has 0 aromatic heterocycles. The molecule has 0 aromatic carbocycles. The van der Waals surface area contributed by atoms with Crippen molar-refractivity contribution in [2.45, 2.75) is 38.3 Å². The van der Waals surface area contributed by atoms with Crippen molar-refractivity contribution in [1.29, 1.82) is 0 Å². The molecule has 2 atom stereocenters. The minimum atomic E-state index is -0.545. The number of hydrogen-bond acceptors (Lipinski definition) is 4. The molecule has 1 aliphatic rings. The van der Waals surface area contributed by atoms with Crippen molar-refractivity contribution < 1.29 is 14.6 Å². The Hall–Kier alpha value is -0.650. The van der Waals surface area contributed by atoms with Gasteiger partial charge in [-0.05, 0) is 33.2 Å². The van der Waals surface area contributed by atoms with Gasteiger partial charge >= 0.3 is 0 Å². The first-order chi connectivity index (χ1) is 8.56. The molecule has 1 rings (SSSR count). The first kappa shape index (κ1) is 15.4. The second kappa shape index (κ2) is 7.71.